The van der Waals surface area contributed by atoms with Crippen LogP contribution >= 0.6 is 0 Å². The first-order chi connectivity index (χ1) is 7.42. The fraction of sp³-hybridized carbons (Fsp3) is 0.143. The van der Waals surface area contributed by atoms with Gasteiger partial charge in [0.05, 0.1) is 0 Å². The van der Waals surface area contributed by atoms with Gasteiger partial charge in [0.2, 0.25) is 0 Å². The summed E-state index contributed by atoms with van der Waals surface area (Å²) in [7, 11) is 0. The molecule has 0 radical (unpaired) electrons. The van der Waals surface area contributed by atoms with Gasteiger partial charge in [0.25, 0.3) is 0 Å². The number of benzene rings is 2. The van der Waals surface area contributed by atoms with Gasteiger partial charge in [-0.15, -0.1) is 0 Å². The normalized spacial score (nSPS) is 10.6. The Morgan fingerprint density at radius 3 is 1.47 bits per heavy atom. The number of rotatable bonds is 3. The van der Waals surface area contributed by atoms with Gasteiger partial charge in [0.15, 0.2) is 0 Å². The fourth-order valence-corrected chi connectivity index (χ4v) is 2.03. The first-order valence-electron chi connectivity index (χ1n) is 5.51. The summed E-state index contributed by atoms with van der Waals surface area (Å²) in [5.41, 5.74) is 2.82. The molecule has 0 unspecified atom stereocenters. The van der Waals surface area contributed by atoms with E-state index in [2.05, 4.69) is 78.4 Å². The Hall–Kier alpha value is -0.963. The zero-order valence-electron chi connectivity index (χ0n) is 9.06. The van der Waals surface area contributed by atoms with Crippen LogP contribution in [-0.2, 0) is 0 Å². The summed E-state index contributed by atoms with van der Waals surface area (Å²) in [5.74, 6) is 0.535. The molecule has 2 aromatic carbocycles. The van der Waals surface area contributed by atoms with Crippen molar-refractivity contribution in [2.24, 2.45) is 0 Å². The van der Waals surface area contributed by atoms with Crippen LogP contribution in [0.5, 0.6) is 0 Å². The summed E-state index contributed by atoms with van der Waals surface area (Å²) in [6.07, 6.45) is 0. The van der Waals surface area contributed by atoms with E-state index in [1.54, 1.807) is 0 Å². The standard InChI is InChI=1S/C14H13.Li/c1-12(13-8-4-2-5-9-13)14-10-6-3-7-11-14;/h2-12H,1H2;. The molecule has 0 N–H and O–H groups in total. The molecule has 2 aromatic rings. The van der Waals surface area contributed by atoms with Crippen molar-refractivity contribution < 1.29 is 0 Å². The van der Waals surface area contributed by atoms with E-state index < -0.39 is 0 Å². The van der Waals surface area contributed by atoms with Gasteiger partial charge in [-0.25, -0.2) is 0 Å². The third kappa shape index (κ3) is 2.53. The van der Waals surface area contributed by atoms with Gasteiger partial charge in [-0.05, 0) is 0 Å². The first kappa shape index (κ1) is 10.6. The van der Waals surface area contributed by atoms with E-state index in [9.17, 15) is 0 Å². The van der Waals surface area contributed by atoms with E-state index in [1.165, 1.54) is 11.1 Å². The first-order valence-corrected chi connectivity index (χ1v) is 5.51. The molecule has 0 saturated carbocycles. The van der Waals surface area contributed by atoms with Crippen LogP contribution in [0.3, 0.4) is 0 Å². The monoisotopic (exact) mass is 188 g/mol. The molecule has 0 aliphatic carbocycles. The molecule has 0 spiro atoms. The Kier molecular flexibility index (Phi) is 3.67. The van der Waals surface area contributed by atoms with Gasteiger partial charge in [-0.2, -0.15) is 0 Å². The molecule has 0 heterocycles. The molecule has 0 aliphatic heterocycles. The van der Waals surface area contributed by atoms with Crippen LogP contribution in [0.2, 0.25) is 5.09 Å². The zero-order valence-corrected chi connectivity index (χ0v) is 9.06. The van der Waals surface area contributed by atoms with Crippen LogP contribution in [0, 0.1) is 0 Å². The zero-order chi connectivity index (χ0) is 10.5. The molecule has 0 nitrogen and oxygen atoms in total. The van der Waals surface area contributed by atoms with Crippen LogP contribution in [0.4, 0.5) is 0 Å². The molecule has 0 saturated heterocycles. The van der Waals surface area contributed by atoms with E-state index in [0.29, 0.717) is 5.92 Å². The molecule has 0 amide bonds. The average molecular weight is 188 g/mol. The third-order valence-electron chi connectivity index (χ3n) is 2.81. The van der Waals surface area contributed by atoms with Crippen LogP contribution < -0.4 is 0 Å². The SMILES string of the molecule is [Li][CH2]C(c1ccccc1)c1ccccc1. The van der Waals surface area contributed by atoms with Crippen molar-refractivity contribution in [1.29, 1.82) is 0 Å². The Morgan fingerprint density at radius 2 is 1.13 bits per heavy atom. The molecule has 15 heavy (non-hydrogen) atoms. The van der Waals surface area contributed by atoms with E-state index in [-0.39, 0.29) is 0 Å². The van der Waals surface area contributed by atoms with Crippen molar-refractivity contribution in [2.75, 3.05) is 0 Å². The molecular formula is C14H13Li. The van der Waals surface area contributed by atoms with Gasteiger partial charge in [-0.1, -0.05) is 0 Å². The predicted octanol–water partition coefficient (Wildman–Crippen LogP) is 3.41. The maximum absolute atomic E-state index is 2.24. The summed E-state index contributed by atoms with van der Waals surface area (Å²) in [5, 5.41) is 1.15. The fourth-order valence-electron chi connectivity index (χ4n) is 2.03. The molecule has 0 aliphatic rings. The number of hydrogen-bond acceptors (Lipinski definition) is 0. The quantitative estimate of drug-likeness (QED) is 0.647. The molecule has 1 heteroatoms. The van der Waals surface area contributed by atoms with Crippen molar-refractivity contribution in [2.45, 2.75) is 11.0 Å². The van der Waals surface area contributed by atoms with E-state index >= 15 is 0 Å². The second-order valence-corrected chi connectivity index (χ2v) is 3.78. The van der Waals surface area contributed by atoms with E-state index in [0.717, 1.165) is 5.09 Å². The van der Waals surface area contributed by atoms with Crippen molar-refractivity contribution in [3.05, 3.63) is 71.8 Å². The second kappa shape index (κ2) is 5.21. The topological polar surface area (TPSA) is 0 Å². The Morgan fingerprint density at radius 1 is 0.733 bits per heavy atom. The van der Waals surface area contributed by atoms with Crippen molar-refractivity contribution in [3.63, 3.8) is 0 Å². The van der Waals surface area contributed by atoms with Crippen LogP contribution in [0.25, 0.3) is 0 Å². The van der Waals surface area contributed by atoms with Crippen LogP contribution in [0.1, 0.15) is 17.0 Å². The second-order valence-electron chi connectivity index (χ2n) is 3.78. The van der Waals surface area contributed by atoms with Crippen LogP contribution in [0.15, 0.2) is 60.7 Å². The molecule has 2 rings (SSSR count). The summed E-state index contributed by atoms with van der Waals surface area (Å²) in [6, 6.07) is 21.4. The Balaban J connectivity index is 2.34. The molecular weight excluding hydrogens is 175 g/mol. The summed E-state index contributed by atoms with van der Waals surface area (Å²) in [6.45, 7) is 0. The summed E-state index contributed by atoms with van der Waals surface area (Å²) < 4.78 is 0. The van der Waals surface area contributed by atoms with Crippen LogP contribution in [-0.4, -0.2) is 17.7 Å². The van der Waals surface area contributed by atoms with Gasteiger partial charge < -0.3 is 0 Å². The third-order valence-corrected chi connectivity index (χ3v) is 2.81. The van der Waals surface area contributed by atoms with Gasteiger partial charge in [-0.3, -0.25) is 0 Å². The maximum atomic E-state index is 2.24. The van der Waals surface area contributed by atoms with Gasteiger partial charge >= 0.3 is 101 Å². The van der Waals surface area contributed by atoms with Crippen molar-refractivity contribution in [1.82, 2.24) is 0 Å². The number of hydrogen-bond donors (Lipinski definition) is 0. The molecule has 0 fully saturated rings. The molecule has 0 atom stereocenters. The van der Waals surface area contributed by atoms with E-state index in [1.807, 2.05) is 0 Å². The summed E-state index contributed by atoms with van der Waals surface area (Å²) >= 11 is 2.24. The average Bonchev–Trinajstić information content (AvgIpc) is 2.33. The Bertz CT molecular complexity index is 355. The Labute approximate surface area is 101 Å². The van der Waals surface area contributed by atoms with Crippen molar-refractivity contribution >= 4 is 17.7 Å². The van der Waals surface area contributed by atoms with Crippen molar-refractivity contribution in [3.8, 4) is 0 Å². The van der Waals surface area contributed by atoms with Gasteiger partial charge in [0.1, 0.15) is 0 Å². The molecule has 70 valence electrons. The van der Waals surface area contributed by atoms with E-state index in [4.69, 9.17) is 0 Å². The summed E-state index contributed by atoms with van der Waals surface area (Å²) in [4.78, 5) is 0. The van der Waals surface area contributed by atoms with Gasteiger partial charge in [0, 0.05) is 0 Å². The minimum absolute atomic E-state index is 0.535. The molecule has 0 aromatic heterocycles. The minimum atomic E-state index is 0.535. The molecule has 0 bridgehead atoms. The predicted molar refractivity (Wildman–Crippen MR) is 65.3 cm³/mol.